The van der Waals surface area contributed by atoms with E-state index in [1.54, 1.807) is 13.8 Å². The summed E-state index contributed by atoms with van der Waals surface area (Å²) >= 11 is 0. The Kier molecular flexibility index (Phi) is 4.23. The van der Waals surface area contributed by atoms with Crippen LogP contribution in [0, 0.1) is 5.41 Å². The highest BCUT2D eigenvalue weighted by molar-refractivity contribution is 7.87. The highest BCUT2D eigenvalue weighted by Gasteiger charge is 2.55. The summed E-state index contributed by atoms with van der Waals surface area (Å²) in [6, 6.07) is 0. The maximum Gasteiger partial charge on any atom is 0.465 e. The molecule has 0 aromatic rings. The van der Waals surface area contributed by atoms with Crippen LogP contribution in [0.2, 0.25) is 0 Å². The summed E-state index contributed by atoms with van der Waals surface area (Å²) in [5.41, 5.74) is -0.422. The first-order chi connectivity index (χ1) is 8.38. The minimum atomic E-state index is -5.86. The summed E-state index contributed by atoms with van der Waals surface area (Å²) < 4.78 is 59.2. The average Bonchev–Trinajstić information content (AvgIpc) is 2.22. The maximum atomic E-state index is 13.0. The van der Waals surface area contributed by atoms with Gasteiger partial charge < -0.3 is 9.84 Å². The molecular formula is C10H16F2O6S. The average molecular weight is 302 g/mol. The zero-order valence-corrected chi connectivity index (χ0v) is 11.3. The third-order valence-electron chi connectivity index (χ3n) is 3.33. The minimum Gasteiger partial charge on any atom is -0.457 e. The zero-order valence-electron chi connectivity index (χ0n) is 10.5. The third-order valence-corrected chi connectivity index (χ3v) is 4.15. The molecule has 1 rings (SSSR count). The van der Waals surface area contributed by atoms with Crippen molar-refractivity contribution in [3.63, 3.8) is 0 Å². The molecule has 0 bridgehead atoms. The molecule has 0 aromatic carbocycles. The largest absolute Gasteiger partial charge is 0.465 e. The van der Waals surface area contributed by atoms with E-state index >= 15 is 0 Å². The zero-order chi connectivity index (χ0) is 15.1. The van der Waals surface area contributed by atoms with Crippen LogP contribution in [0.3, 0.4) is 0 Å². The predicted molar refractivity (Wildman–Crippen MR) is 60.0 cm³/mol. The molecule has 0 aliphatic heterocycles. The molecule has 1 aliphatic rings. The van der Waals surface area contributed by atoms with Gasteiger partial charge in [0, 0.05) is 6.42 Å². The molecule has 1 aliphatic carbocycles. The van der Waals surface area contributed by atoms with Gasteiger partial charge in [0.2, 0.25) is 0 Å². The number of alkyl halides is 2. The Labute approximate surface area is 109 Å². The molecule has 0 aromatic heterocycles. The SMILES string of the molecule is CC1(C)CCC(OC(=O)C(F)(F)S(=O)(=O)O)CC1O. The van der Waals surface area contributed by atoms with E-state index in [2.05, 4.69) is 4.74 Å². The number of ether oxygens (including phenoxy) is 1. The van der Waals surface area contributed by atoms with Gasteiger partial charge in [-0.3, -0.25) is 4.55 Å². The molecule has 1 fully saturated rings. The van der Waals surface area contributed by atoms with Crippen molar-refractivity contribution in [2.75, 3.05) is 0 Å². The molecule has 0 heterocycles. The van der Waals surface area contributed by atoms with Crippen molar-refractivity contribution >= 4 is 16.1 Å². The van der Waals surface area contributed by atoms with Crippen molar-refractivity contribution in [2.24, 2.45) is 5.41 Å². The summed E-state index contributed by atoms with van der Waals surface area (Å²) in [5.74, 6) is -2.33. The smallest absolute Gasteiger partial charge is 0.457 e. The van der Waals surface area contributed by atoms with Crippen LogP contribution >= 0.6 is 0 Å². The Morgan fingerprint density at radius 1 is 1.42 bits per heavy atom. The van der Waals surface area contributed by atoms with Crippen LogP contribution < -0.4 is 0 Å². The Morgan fingerprint density at radius 2 is 1.95 bits per heavy atom. The molecule has 19 heavy (non-hydrogen) atoms. The van der Waals surface area contributed by atoms with Crippen molar-refractivity contribution in [1.29, 1.82) is 0 Å². The quantitative estimate of drug-likeness (QED) is 0.594. The van der Waals surface area contributed by atoms with Crippen molar-refractivity contribution < 1.29 is 36.4 Å². The molecule has 2 unspecified atom stereocenters. The van der Waals surface area contributed by atoms with E-state index < -0.39 is 39.0 Å². The molecule has 0 spiro atoms. The second kappa shape index (κ2) is 4.95. The molecule has 6 nitrogen and oxygen atoms in total. The van der Waals surface area contributed by atoms with Gasteiger partial charge in [-0.2, -0.15) is 17.2 Å². The molecule has 112 valence electrons. The molecule has 0 radical (unpaired) electrons. The second-order valence-corrected chi connectivity index (χ2v) is 6.76. The first-order valence-electron chi connectivity index (χ1n) is 5.62. The number of hydrogen-bond acceptors (Lipinski definition) is 5. The fourth-order valence-corrected chi connectivity index (χ4v) is 2.08. The maximum absolute atomic E-state index is 13.0. The number of rotatable bonds is 3. The molecule has 1 saturated carbocycles. The van der Waals surface area contributed by atoms with Crippen LogP contribution in [0.25, 0.3) is 0 Å². The van der Waals surface area contributed by atoms with E-state index in [1.165, 1.54) is 0 Å². The van der Waals surface area contributed by atoms with Gasteiger partial charge in [0.15, 0.2) is 0 Å². The number of esters is 1. The van der Waals surface area contributed by atoms with Crippen molar-refractivity contribution in [1.82, 2.24) is 0 Å². The Bertz CT molecular complexity index is 459. The minimum absolute atomic E-state index is 0.0553. The molecular weight excluding hydrogens is 286 g/mol. The molecule has 9 heteroatoms. The van der Waals surface area contributed by atoms with E-state index in [1.807, 2.05) is 0 Å². The summed E-state index contributed by atoms with van der Waals surface area (Å²) in [7, 11) is -5.86. The van der Waals surface area contributed by atoms with Crippen LogP contribution in [0.1, 0.15) is 33.1 Å². The Morgan fingerprint density at radius 3 is 2.37 bits per heavy atom. The number of hydrogen-bond donors (Lipinski definition) is 2. The number of halogens is 2. The summed E-state index contributed by atoms with van der Waals surface area (Å²) in [6.45, 7) is 3.56. The van der Waals surface area contributed by atoms with Gasteiger partial charge >= 0.3 is 21.3 Å². The summed E-state index contributed by atoms with van der Waals surface area (Å²) in [4.78, 5) is 11.1. The molecule has 0 amide bonds. The Balaban J connectivity index is 2.70. The van der Waals surface area contributed by atoms with Crippen molar-refractivity contribution in [3.8, 4) is 0 Å². The Hall–Kier alpha value is -0.800. The predicted octanol–water partition coefficient (Wildman–Crippen LogP) is 0.950. The van der Waals surface area contributed by atoms with Gasteiger partial charge in [-0.25, -0.2) is 4.79 Å². The highest BCUT2D eigenvalue weighted by Crippen LogP contribution is 2.37. The van der Waals surface area contributed by atoms with Crippen molar-refractivity contribution in [3.05, 3.63) is 0 Å². The van der Waals surface area contributed by atoms with E-state index in [-0.39, 0.29) is 12.8 Å². The highest BCUT2D eigenvalue weighted by atomic mass is 32.2. The van der Waals surface area contributed by atoms with Gasteiger partial charge in [0.1, 0.15) is 6.10 Å². The van der Waals surface area contributed by atoms with Crippen LogP contribution in [-0.2, 0) is 19.6 Å². The van der Waals surface area contributed by atoms with E-state index in [0.29, 0.717) is 6.42 Å². The number of aliphatic hydroxyl groups excluding tert-OH is 1. The van der Waals surface area contributed by atoms with Crippen LogP contribution in [0.15, 0.2) is 0 Å². The molecule has 2 atom stereocenters. The first kappa shape index (κ1) is 16.3. The fourth-order valence-electron chi connectivity index (χ4n) is 1.82. The molecule has 2 N–H and O–H groups in total. The number of carbonyl (C=O) groups is 1. The van der Waals surface area contributed by atoms with Gasteiger partial charge in [-0.05, 0) is 18.3 Å². The van der Waals surface area contributed by atoms with E-state index in [9.17, 15) is 27.1 Å². The lowest BCUT2D eigenvalue weighted by atomic mass is 9.74. The third kappa shape index (κ3) is 3.40. The lowest BCUT2D eigenvalue weighted by molar-refractivity contribution is -0.172. The van der Waals surface area contributed by atoms with E-state index in [4.69, 9.17) is 4.55 Å². The monoisotopic (exact) mass is 302 g/mol. The lowest BCUT2D eigenvalue weighted by Crippen LogP contribution is -2.44. The van der Waals surface area contributed by atoms with Gasteiger partial charge in [0.25, 0.3) is 0 Å². The van der Waals surface area contributed by atoms with Gasteiger partial charge in [-0.15, -0.1) is 0 Å². The summed E-state index contributed by atoms with van der Waals surface area (Å²) in [6.07, 6.45) is -1.23. The van der Waals surface area contributed by atoms with E-state index in [0.717, 1.165) is 0 Å². The van der Waals surface area contributed by atoms with Crippen molar-refractivity contribution in [2.45, 2.75) is 50.6 Å². The first-order valence-corrected chi connectivity index (χ1v) is 7.06. The molecule has 0 saturated heterocycles. The van der Waals surface area contributed by atoms with Crippen LogP contribution in [0.4, 0.5) is 8.78 Å². The van der Waals surface area contributed by atoms with Gasteiger partial charge in [0.05, 0.1) is 6.10 Å². The number of aliphatic hydroxyl groups is 1. The second-order valence-electron chi connectivity index (χ2n) is 5.30. The van der Waals surface area contributed by atoms with Gasteiger partial charge in [-0.1, -0.05) is 13.8 Å². The normalized spacial score (nSPS) is 27.9. The standard InChI is InChI=1S/C10H16F2O6S/c1-9(2)4-3-6(5-7(9)13)18-8(14)10(11,12)19(15,16)17/h6-7,13H,3-5H2,1-2H3,(H,15,16,17). The summed E-state index contributed by atoms with van der Waals surface area (Å²) in [5, 5.41) is 4.74. The fraction of sp³-hybridized carbons (Fsp3) is 0.900. The topological polar surface area (TPSA) is 101 Å². The lowest BCUT2D eigenvalue weighted by Gasteiger charge is -2.38. The van der Waals surface area contributed by atoms with Crippen LogP contribution in [0.5, 0.6) is 0 Å². The number of carbonyl (C=O) groups excluding carboxylic acids is 1. The van der Waals surface area contributed by atoms with Crippen LogP contribution in [-0.4, -0.2) is 41.5 Å².